The Morgan fingerprint density at radius 2 is 2.04 bits per heavy atom. The molecule has 0 fully saturated rings. The van der Waals surface area contributed by atoms with Crippen LogP contribution >= 0.6 is 0 Å². The van der Waals surface area contributed by atoms with Crippen molar-refractivity contribution < 1.29 is 13.9 Å². The van der Waals surface area contributed by atoms with Crippen molar-refractivity contribution in [3.05, 3.63) is 76.1 Å². The first-order chi connectivity index (χ1) is 12.6. The lowest BCUT2D eigenvalue weighted by molar-refractivity contribution is 0.0518. The third kappa shape index (κ3) is 3.83. The Hall–Kier alpha value is -3.35. The number of aryl methyl sites for hydroxylation is 1. The first-order valence-electron chi connectivity index (χ1n) is 8.23. The second kappa shape index (κ2) is 7.69. The van der Waals surface area contributed by atoms with Crippen LogP contribution in [-0.2, 0) is 11.3 Å². The van der Waals surface area contributed by atoms with Gasteiger partial charge in [-0.25, -0.2) is 4.79 Å². The molecule has 2 heterocycles. The molecule has 0 saturated carbocycles. The highest BCUT2D eigenvalue weighted by Crippen LogP contribution is 2.15. The summed E-state index contributed by atoms with van der Waals surface area (Å²) in [6, 6.07) is 12.2. The minimum atomic E-state index is -0.602. The van der Waals surface area contributed by atoms with E-state index in [1.54, 1.807) is 37.5 Å². The standard InChI is InChI=1S/C19H19N3O4/c1-3-25-19(24)18-16(20-12-15-5-4-10-26-15)11-17(23)22(21-18)14-8-6-13(2)7-9-14/h4-11,20H,3,12H2,1-2H3. The number of rotatable bonds is 6. The molecule has 0 saturated heterocycles. The largest absolute Gasteiger partial charge is 0.467 e. The van der Waals surface area contributed by atoms with Gasteiger partial charge in [-0.1, -0.05) is 17.7 Å². The summed E-state index contributed by atoms with van der Waals surface area (Å²) in [5.41, 5.74) is 1.61. The summed E-state index contributed by atoms with van der Waals surface area (Å²) >= 11 is 0. The molecule has 0 amide bonds. The van der Waals surface area contributed by atoms with Gasteiger partial charge in [-0.3, -0.25) is 4.79 Å². The van der Waals surface area contributed by atoms with Crippen LogP contribution in [-0.4, -0.2) is 22.4 Å². The smallest absolute Gasteiger partial charge is 0.360 e. The molecule has 0 aliphatic rings. The fourth-order valence-electron chi connectivity index (χ4n) is 2.41. The number of aromatic nitrogens is 2. The number of nitrogens with zero attached hydrogens (tertiary/aromatic N) is 2. The van der Waals surface area contributed by atoms with Gasteiger partial charge in [-0.15, -0.1) is 0 Å². The summed E-state index contributed by atoms with van der Waals surface area (Å²) in [5.74, 6) is 0.0674. The normalized spacial score (nSPS) is 10.5. The Bertz CT molecular complexity index is 944. The quantitative estimate of drug-likeness (QED) is 0.686. The van der Waals surface area contributed by atoms with E-state index in [0.717, 1.165) is 5.56 Å². The van der Waals surface area contributed by atoms with Gasteiger partial charge in [-0.05, 0) is 38.1 Å². The number of nitrogens with one attached hydrogen (secondary N) is 1. The monoisotopic (exact) mass is 353 g/mol. The van der Waals surface area contributed by atoms with Crippen LogP contribution in [0.4, 0.5) is 5.69 Å². The highest BCUT2D eigenvalue weighted by molar-refractivity contribution is 5.93. The lowest BCUT2D eigenvalue weighted by Crippen LogP contribution is -2.25. The molecule has 0 aliphatic heterocycles. The van der Waals surface area contributed by atoms with Crippen molar-refractivity contribution in [3.63, 3.8) is 0 Å². The van der Waals surface area contributed by atoms with Gasteiger partial charge in [0.25, 0.3) is 5.56 Å². The van der Waals surface area contributed by atoms with Gasteiger partial charge < -0.3 is 14.5 Å². The van der Waals surface area contributed by atoms with Gasteiger partial charge >= 0.3 is 5.97 Å². The molecule has 0 spiro atoms. The van der Waals surface area contributed by atoms with Gasteiger partial charge in [0.15, 0.2) is 5.69 Å². The van der Waals surface area contributed by atoms with Crippen LogP contribution in [0, 0.1) is 6.92 Å². The van der Waals surface area contributed by atoms with E-state index in [1.165, 1.54) is 10.7 Å². The molecule has 7 nitrogen and oxygen atoms in total. The van der Waals surface area contributed by atoms with Crippen LogP contribution in [0.5, 0.6) is 0 Å². The number of carbonyl (C=O) groups excluding carboxylic acids is 1. The SMILES string of the molecule is CCOC(=O)c1nn(-c2ccc(C)cc2)c(=O)cc1NCc1ccco1. The number of ether oxygens (including phenoxy) is 1. The molecule has 0 atom stereocenters. The van der Waals surface area contributed by atoms with E-state index >= 15 is 0 Å². The average molecular weight is 353 g/mol. The summed E-state index contributed by atoms with van der Waals surface area (Å²) in [6.07, 6.45) is 1.55. The van der Waals surface area contributed by atoms with E-state index in [9.17, 15) is 9.59 Å². The molecule has 134 valence electrons. The lowest BCUT2D eigenvalue weighted by atomic mass is 10.2. The topological polar surface area (TPSA) is 86.4 Å². The Morgan fingerprint density at radius 3 is 2.69 bits per heavy atom. The number of carbonyl (C=O) groups is 1. The number of benzene rings is 1. The third-order valence-electron chi connectivity index (χ3n) is 3.71. The predicted molar refractivity (Wildman–Crippen MR) is 96.6 cm³/mol. The third-order valence-corrected chi connectivity index (χ3v) is 3.71. The number of hydrogen-bond donors (Lipinski definition) is 1. The Kier molecular flexibility index (Phi) is 5.17. The van der Waals surface area contributed by atoms with Crippen molar-refractivity contribution in [1.29, 1.82) is 0 Å². The summed E-state index contributed by atoms with van der Waals surface area (Å²) in [7, 11) is 0. The van der Waals surface area contributed by atoms with Gasteiger partial charge in [0.2, 0.25) is 0 Å². The number of hydrogen-bond acceptors (Lipinski definition) is 6. The van der Waals surface area contributed by atoms with Crippen molar-refractivity contribution >= 4 is 11.7 Å². The van der Waals surface area contributed by atoms with Crippen molar-refractivity contribution in [2.75, 3.05) is 11.9 Å². The van der Waals surface area contributed by atoms with Crippen LogP contribution in [0.2, 0.25) is 0 Å². The highest BCUT2D eigenvalue weighted by atomic mass is 16.5. The van der Waals surface area contributed by atoms with Crippen molar-refractivity contribution in [1.82, 2.24) is 9.78 Å². The van der Waals surface area contributed by atoms with Crippen molar-refractivity contribution in [2.24, 2.45) is 0 Å². The number of anilines is 1. The van der Waals surface area contributed by atoms with E-state index in [1.807, 2.05) is 19.1 Å². The van der Waals surface area contributed by atoms with Crippen LogP contribution in [0.3, 0.4) is 0 Å². The second-order valence-corrected chi connectivity index (χ2v) is 5.65. The molecule has 0 radical (unpaired) electrons. The zero-order valence-corrected chi connectivity index (χ0v) is 14.6. The van der Waals surface area contributed by atoms with E-state index in [0.29, 0.717) is 23.7 Å². The maximum absolute atomic E-state index is 12.5. The molecule has 1 N–H and O–H groups in total. The first-order valence-corrected chi connectivity index (χ1v) is 8.23. The molecule has 3 aromatic rings. The van der Waals surface area contributed by atoms with E-state index in [4.69, 9.17) is 9.15 Å². The molecule has 0 bridgehead atoms. The average Bonchev–Trinajstić information content (AvgIpc) is 3.14. The van der Waals surface area contributed by atoms with Gasteiger partial charge in [0, 0.05) is 6.07 Å². The Balaban J connectivity index is 2.00. The second-order valence-electron chi connectivity index (χ2n) is 5.65. The molecule has 26 heavy (non-hydrogen) atoms. The minimum Gasteiger partial charge on any atom is -0.467 e. The number of furan rings is 1. The van der Waals surface area contributed by atoms with Gasteiger partial charge in [-0.2, -0.15) is 9.78 Å². The molecular weight excluding hydrogens is 334 g/mol. The molecule has 3 rings (SSSR count). The molecule has 2 aromatic heterocycles. The van der Waals surface area contributed by atoms with Crippen LogP contribution in [0.1, 0.15) is 28.7 Å². The molecular formula is C19H19N3O4. The zero-order valence-electron chi connectivity index (χ0n) is 14.6. The Morgan fingerprint density at radius 1 is 1.27 bits per heavy atom. The van der Waals surface area contributed by atoms with Crippen LogP contribution in [0.25, 0.3) is 5.69 Å². The summed E-state index contributed by atoms with van der Waals surface area (Å²) in [5, 5.41) is 7.24. The van der Waals surface area contributed by atoms with E-state index < -0.39 is 5.97 Å². The van der Waals surface area contributed by atoms with Crippen molar-refractivity contribution in [3.8, 4) is 5.69 Å². The first kappa shape index (κ1) is 17.5. The predicted octanol–water partition coefficient (Wildman–Crippen LogP) is 2.92. The van der Waals surface area contributed by atoms with E-state index in [-0.39, 0.29) is 17.9 Å². The van der Waals surface area contributed by atoms with E-state index in [2.05, 4.69) is 10.4 Å². The summed E-state index contributed by atoms with van der Waals surface area (Å²) in [4.78, 5) is 24.8. The zero-order chi connectivity index (χ0) is 18.5. The van der Waals surface area contributed by atoms with Crippen molar-refractivity contribution in [2.45, 2.75) is 20.4 Å². The van der Waals surface area contributed by atoms with Gasteiger partial charge in [0.05, 0.1) is 30.8 Å². The molecule has 7 heteroatoms. The molecule has 1 aromatic carbocycles. The minimum absolute atomic E-state index is 0.0404. The Labute approximate surface area is 150 Å². The summed E-state index contributed by atoms with van der Waals surface area (Å²) < 4.78 is 11.5. The van der Waals surface area contributed by atoms with Gasteiger partial charge in [0.1, 0.15) is 5.76 Å². The number of esters is 1. The van der Waals surface area contributed by atoms with Crippen LogP contribution < -0.4 is 10.9 Å². The lowest BCUT2D eigenvalue weighted by Gasteiger charge is -2.12. The fraction of sp³-hybridized carbons (Fsp3) is 0.211. The molecule has 0 aliphatic carbocycles. The maximum atomic E-state index is 12.5. The fourth-order valence-corrected chi connectivity index (χ4v) is 2.41. The summed E-state index contributed by atoms with van der Waals surface area (Å²) in [6.45, 7) is 4.19. The maximum Gasteiger partial charge on any atom is 0.360 e. The molecule has 0 unspecified atom stereocenters. The highest BCUT2D eigenvalue weighted by Gasteiger charge is 2.18. The van der Waals surface area contributed by atoms with Crippen LogP contribution in [0.15, 0.2) is 57.9 Å².